The number of ether oxygens (including phenoxy) is 1. The first-order valence-corrected chi connectivity index (χ1v) is 4.49. The third-order valence-corrected chi connectivity index (χ3v) is 2.18. The normalized spacial score (nSPS) is 25.6. The fourth-order valence-electron chi connectivity index (χ4n) is 1.48. The molecule has 0 unspecified atom stereocenters. The number of benzene rings is 1. The summed E-state index contributed by atoms with van der Waals surface area (Å²) in [4.78, 5) is 0. The lowest BCUT2D eigenvalue weighted by atomic mass is 10.1. The van der Waals surface area contributed by atoms with Gasteiger partial charge in [-0.3, -0.25) is 0 Å². The Bertz CT molecular complexity index is 349. The number of aliphatic hydroxyl groups is 1. The van der Waals surface area contributed by atoms with Crippen LogP contribution in [0, 0.1) is 5.82 Å². The lowest BCUT2D eigenvalue weighted by molar-refractivity contribution is 0.0251. The van der Waals surface area contributed by atoms with Crippen LogP contribution in [0.4, 0.5) is 4.39 Å². The van der Waals surface area contributed by atoms with Gasteiger partial charge in [0.25, 0.3) is 0 Å². The highest BCUT2D eigenvalue weighted by atomic mass is 19.1. The zero-order valence-corrected chi connectivity index (χ0v) is 7.56. The SMILES string of the molecule is OC[C@@H]1C=C[C@@H](c2cccc(F)c2)O1. The lowest BCUT2D eigenvalue weighted by Gasteiger charge is -2.12. The maximum absolute atomic E-state index is 12.9. The van der Waals surface area contributed by atoms with Crippen LogP contribution in [0.15, 0.2) is 36.4 Å². The van der Waals surface area contributed by atoms with Gasteiger partial charge in [-0.05, 0) is 17.7 Å². The minimum absolute atomic E-state index is 0.0394. The van der Waals surface area contributed by atoms with E-state index < -0.39 is 0 Å². The Morgan fingerprint density at radius 1 is 1.36 bits per heavy atom. The number of halogens is 1. The fourth-order valence-corrected chi connectivity index (χ4v) is 1.48. The maximum atomic E-state index is 12.9. The van der Waals surface area contributed by atoms with Gasteiger partial charge in [0.1, 0.15) is 11.9 Å². The van der Waals surface area contributed by atoms with E-state index in [1.165, 1.54) is 12.1 Å². The molecule has 1 N–H and O–H groups in total. The molecule has 0 saturated heterocycles. The number of hydrogen-bond donors (Lipinski definition) is 1. The third-order valence-electron chi connectivity index (χ3n) is 2.18. The number of rotatable bonds is 2. The number of hydrogen-bond acceptors (Lipinski definition) is 2. The van der Waals surface area contributed by atoms with Gasteiger partial charge in [-0.1, -0.05) is 24.3 Å². The average molecular weight is 194 g/mol. The molecular weight excluding hydrogens is 183 g/mol. The molecule has 0 spiro atoms. The van der Waals surface area contributed by atoms with Crippen LogP contribution in [0.3, 0.4) is 0 Å². The minimum Gasteiger partial charge on any atom is -0.393 e. The highest BCUT2D eigenvalue weighted by Crippen LogP contribution is 2.26. The molecular formula is C11H11FO2. The van der Waals surface area contributed by atoms with Crippen molar-refractivity contribution in [2.45, 2.75) is 12.2 Å². The molecule has 1 aromatic rings. The zero-order chi connectivity index (χ0) is 9.97. The minimum atomic E-state index is -0.271. The molecule has 74 valence electrons. The highest BCUT2D eigenvalue weighted by Gasteiger charge is 2.19. The van der Waals surface area contributed by atoms with Crippen LogP contribution < -0.4 is 0 Å². The first-order valence-electron chi connectivity index (χ1n) is 4.49. The summed E-state index contributed by atoms with van der Waals surface area (Å²) in [6, 6.07) is 6.28. The van der Waals surface area contributed by atoms with Crippen LogP contribution in [0.2, 0.25) is 0 Å². The van der Waals surface area contributed by atoms with Crippen LogP contribution in [0.5, 0.6) is 0 Å². The van der Waals surface area contributed by atoms with E-state index in [1.807, 2.05) is 6.08 Å². The molecule has 1 aliphatic heterocycles. The van der Waals surface area contributed by atoms with Gasteiger partial charge in [0.05, 0.1) is 12.7 Å². The van der Waals surface area contributed by atoms with Crippen molar-refractivity contribution < 1.29 is 14.2 Å². The number of aliphatic hydroxyl groups excluding tert-OH is 1. The summed E-state index contributed by atoms with van der Waals surface area (Å²) in [6.45, 7) is -0.0394. The van der Waals surface area contributed by atoms with Gasteiger partial charge in [-0.2, -0.15) is 0 Å². The van der Waals surface area contributed by atoms with Crippen LogP contribution in [0.25, 0.3) is 0 Å². The second-order valence-electron chi connectivity index (χ2n) is 3.22. The lowest BCUT2D eigenvalue weighted by Crippen LogP contribution is -2.11. The van der Waals surface area contributed by atoms with Crippen molar-refractivity contribution in [3.05, 3.63) is 47.8 Å². The highest BCUT2D eigenvalue weighted by molar-refractivity contribution is 5.24. The van der Waals surface area contributed by atoms with Crippen molar-refractivity contribution >= 4 is 0 Å². The van der Waals surface area contributed by atoms with Gasteiger partial charge in [-0.15, -0.1) is 0 Å². The van der Waals surface area contributed by atoms with Crippen molar-refractivity contribution in [2.75, 3.05) is 6.61 Å². The maximum Gasteiger partial charge on any atom is 0.123 e. The Morgan fingerprint density at radius 2 is 2.21 bits per heavy atom. The second kappa shape index (κ2) is 3.90. The summed E-state index contributed by atoms with van der Waals surface area (Å²) in [5.74, 6) is -0.271. The zero-order valence-electron chi connectivity index (χ0n) is 7.56. The van der Waals surface area contributed by atoms with Crippen LogP contribution in [0.1, 0.15) is 11.7 Å². The van der Waals surface area contributed by atoms with Crippen LogP contribution in [-0.4, -0.2) is 17.8 Å². The van der Waals surface area contributed by atoms with E-state index in [4.69, 9.17) is 9.84 Å². The largest absolute Gasteiger partial charge is 0.393 e. The molecule has 14 heavy (non-hydrogen) atoms. The van der Waals surface area contributed by atoms with Crippen molar-refractivity contribution in [3.8, 4) is 0 Å². The molecule has 0 bridgehead atoms. The van der Waals surface area contributed by atoms with Gasteiger partial charge in [0.15, 0.2) is 0 Å². The molecule has 0 aromatic heterocycles. The quantitative estimate of drug-likeness (QED) is 0.727. The molecule has 0 aliphatic carbocycles. The Labute approximate surface area is 81.6 Å². The summed E-state index contributed by atoms with van der Waals surface area (Å²) in [5, 5.41) is 8.83. The Morgan fingerprint density at radius 3 is 2.86 bits per heavy atom. The van der Waals surface area contributed by atoms with E-state index in [2.05, 4.69) is 0 Å². The second-order valence-corrected chi connectivity index (χ2v) is 3.22. The molecule has 2 atom stereocenters. The summed E-state index contributed by atoms with van der Waals surface area (Å²) in [7, 11) is 0. The molecule has 0 saturated carbocycles. The molecule has 1 aliphatic rings. The van der Waals surface area contributed by atoms with E-state index in [0.717, 1.165) is 5.56 Å². The Kier molecular flexibility index (Phi) is 2.61. The third kappa shape index (κ3) is 1.84. The molecule has 0 radical (unpaired) electrons. The Balaban J connectivity index is 2.14. The van der Waals surface area contributed by atoms with Gasteiger partial charge in [-0.25, -0.2) is 4.39 Å². The smallest absolute Gasteiger partial charge is 0.123 e. The van der Waals surface area contributed by atoms with Crippen molar-refractivity contribution in [3.63, 3.8) is 0 Å². The summed E-state index contributed by atoms with van der Waals surface area (Å²) < 4.78 is 18.3. The van der Waals surface area contributed by atoms with Crippen molar-refractivity contribution in [1.29, 1.82) is 0 Å². The van der Waals surface area contributed by atoms with Crippen LogP contribution in [-0.2, 0) is 4.74 Å². The van der Waals surface area contributed by atoms with E-state index in [1.54, 1.807) is 18.2 Å². The monoisotopic (exact) mass is 194 g/mol. The van der Waals surface area contributed by atoms with Crippen molar-refractivity contribution in [1.82, 2.24) is 0 Å². The van der Waals surface area contributed by atoms with Gasteiger partial charge in [0.2, 0.25) is 0 Å². The standard InChI is InChI=1S/C11H11FO2/c12-9-3-1-2-8(6-9)11-5-4-10(7-13)14-11/h1-6,10-11,13H,7H2/t10-,11-/m0/s1. The first-order chi connectivity index (χ1) is 6.79. The summed E-state index contributed by atoms with van der Waals surface area (Å²) in [5.41, 5.74) is 0.775. The van der Waals surface area contributed by atoms with Gasteiger partial charge < -0.3 is 9.84 Å². The van der Waals surface area contributed by atoms with E-state index in [-0.39, 0.29) is 24.6 Å². The molecule has 1 aromatic carbocycles. The van der Waals surface area contributed by atoms with Crippen LogP contribution >= 0.6 is 0 Å². The summed E-state index contributed by atoms with van der Waals surface area (Å²) >= 11 is 0. The predicted molar refractivity (Wildman–Crippen MR) is 50.2 cm³/mol. The predicted octanol–water partition coefficient (Wildman–Crippen LogP) is 1.81. The van der Waals surface area contributed by atoms with E-state index in [9.17, 15) is 4.39 Å². The molecule has 3 heteroatoms. The molecule has 2 nitrogen and oxygen atoms in total. The average Bonchev–Trinajstić information content (AvgIpc) is 2.66. The van der Waals surface area contributed by atoms with Crippen molar-refractivity contribution in [2.24, 2.45) is 0 Å². The fraction of sp³-hybridized carbons (Fsp3) is 0.273. The Hall–Kier alpha value is -1.19. The topological polar surface area (TPSA) is 29.5 Å². The first kappa shape index (κ1) is 9.37. The molecule has 2 rings (SSSR count). The summed E-state index contributed by atoms with van der Waals surface area (Å²) in [6.07, 6.45) is 3.12. The van der Waals surface area contributed by atoms with Gasteiger partial charge in [0, 0.05) is 0 Å². The molecule has 0 amide bonds. The van der Waals surface area contributed by atoms with Gasteiger partial charge >= 0.3 is 0 Å². The van der Waals surface area contributed by atoms with E-state index in [0.29, 0.717) is 0 Å². The molecule has 1 heterocycles. The molecule has 0 fully saturated rings. The van der Waals surface area contributed by atoms with E-state index >= 15 is 0 Å².